The lowest BCUT2D eigenvalue weighted by atomic mass is 10.3. The summed E-state index contributed by atoms with van der Waals surface area (Å²) in [5.74, 6) is -2.75. The minimum atomic E-state index is -1.60. The molecule has 0 aliphatic heterocycles. The minimum absolute atomic E-state index is 0.0242. The predicted octanol–water partition coefficient (Wildman–Crippen LogP) is 2.15. The van der Waals surface area contributed by atoms with Crippen LogP contribution < -0.4 is 5.32 Å². The van der Waals surface area contributed by atoms with Gasteiger partial charge in [0, 0.05) is 0 Å². The monoisotopic (exact) mass is 359 g/mol. The van der Waals surface area contributed by atoms with Crippen molar-refractivity contribution in [1.82, 2.24) is 5.32 Å². The number of hydrogen-bond acceptors (Lipinski definition) is 6. The minimum Gasteiger partial charge on any atom is -0.467 e. The van der Waals surface area contributed by atoms with Crippen molar-refractivity contribution >= 4 is 64.0 Å². The molecule has 0 bridgehead atoms. The molecular weight excluding hydrogens is 353 g/mol. The standard InChI is InChI=1S/C10H8Cl3NO5S/c1-18-9(16)5(10(17)19-2)14-8(15)6-3(11)4(12)7(13)20-6/h5H,1-2H3,(H,14,15). The highest BCUT2D eigenvalue weighted by Crippen LogP contribution is 2.40. The van der Waals surface area contributed by atoms with Gasteiger partial charge in [-0.1, -0.05) is 34.8 Å². The fourth-order valence-electron chi connectivity index (χ4n) is 1.16. The molecule has 0 atom stereocenters. The molecule has 0 saturated carbocycles. The van der Waals surface area contributed by atoms with Gasteiger partial charge in [-0.25, -0.2) is 9.59 Å². The zero-order valence-corrected chi connectivity index (χ0v) is 13.2. The first-order chi connectivity index (χ1) is 9.33. The maximum Gasteiger partial charge on any atom is 0.340 e. The third-order valence-electron chi connectivity index (χ3n) is 2.11. The zero-order chi connectivity index (χ0) is 15.4. The molecule has 0 spiro atoms. The molecule has 0 fully saturated rings. The molecule has 1 rings (SSSR count). The average Bonchev–Trinajstić information content (AvgIpc) is 2.70. The van der Waals surface area contributed by atoms with Gasteiger partial charge >= 0.3 is 11.9 Å². The maximum atomic E-state index is 12.0. The van der Waals surface area contributed by atoms with E-state index in [0.29, 0.717) is 0 Å². The van der Waals surface area contributed by atoms with E-state index in [4.69, 9.17) is 34.8 Å². The van der Waals surface area contributed by atoms with Gasteiger partial charge < -0.3 is 14.8 Å². The van der Waals surface area contributed by atoms with E-state index in [2.05, 4.69) is 14.8 Å². The first kappa shape index (κ1) is 17.0. The number of amides is 1. The van der Waals surface area contributed by atoms with Gasteiger partial charge in [0.1, 0.15) is 9.21 Å². The van der Waals surface area contributed by atoms with Crippen molar-refractivity contribution < 1.29 is 23.9 Å². The largest absolute Gasteiger partial charge is 0.467 e. The Morgan fingerprint density at radius 3 is 1.90 bits per heavy atom. The van der Waals surface area contributed by atoms with Crippen LogP contribution in [0, 0.1) is 0 Å². The highest BCUT2D eigenvalue weighted by Gasteiger charge is 2.32. The van der Waals surface area contributed by atoms with Gasteiger partial charge in [0.2, 0.25) is 6.04 Å². The van der Waals surface area contributed by atoms with Gasteiger partial charge in [-0.05, 0) is 0 Å². The highest BCUT2D eigenvalue weighted by molar-refractivity contribution is 7.19. The lowest BCUT2D eigenvalue weighted by Crippen LogP contribution is -2.47. The van der Waals surface area contributed by atoms with Crippen molar-refractivity contribution in [3.8, 4) is 0 Å². The van der Waals surface area contributed by atoms with Gasteiger partial charge in [0.15, 0.2) is 0 Å². The molecule has 1 aromatic rings. The Morgan fingerprint density at radius 1 is 1.05 bits per heavy atom. The summed E-state index contributed by atoms with van der Waals surface area (Å²) in [6, 6.07) is -1.60. The van der Waals surface area contributed by atoms with E-state index in [9.17, 15) is 14.4 Å². The fourth-order valence-corrected chi connectivity index (χ4v) is 2.86. The summed E-state index contributed by atoms with van der Waals surface area (Å²) >= 11 is 18.1. The van der Waals surface area contributed by atoms with Crippen molar-refractivity contribution in [2.45, 2.75) is 6.04 Å². The lowest BCUT2D eigenvalue weighted by molar-refractivity contribution is -0.154. The summed E-state index contributed by atoms with van der Waals surface area (Å²) in [5.41, 5.74) is 0. The van der Waals surface area contributed by atoms with Crippen molar-refractivity contribution in [2.24, 2.45) is 0 Å². The van der Waals surface area contributed by atoms with E-state index >= 15 is 0 Å². The van der Waals surface area contributed by atoms with Crippen LogP contribution in [0.4, 0.5) is 0 Å². The molecule has 1 amide bonds. The van der Waals surface area contributed by atoms with Crippen LogP contribution in [-0.4, -0.2) is 38.1 Å². The number of halogens is 3. The summed E-state index contributed by atoms with van der Waals surface area (Å²) in [4.78, 5) is 34.8. The third kappa shape index (κ3) is 3.54. The fraction of sp³-hybridized carbons (Fsp3) is 0.300. The van der Waals surface area contributed by atoms with E-state index in [0.717, 1.165) is 25.6 Å². The summed E-state index contributed by atoms with van der Waals surface area (Å²) in [6.45, 7) is 0. The van der Waals surface area contributed by atoms with Crippen LogP contribution in [0.1, 0.15) is 9.67 Å². The van der Waals surface area contributed by atoms with E-state index < -0.39 is 23.9 Å². The van der Waals surface area contributed by atoms with Gasteiger partial charge in [-0.2, -0.15) is 0 Å². The molecule has 1 aromatic heterocycles. The average molecular weight is 361 g/mol. The highest BCUT2D eigenvalue weighted by atomic mass is 35.5. The second-order valence-corrected chi connectivity index (χ2v) is 5.66. The van der Waals surface area contributed by atoms with Crippen molar-refractivity contribution in [2.75, 3.05) is 14.2 Å². The van der Waals surface area contributed by atoms with Crippen LogP contribution in [0.3, 0.4) is 0 Å². The molecule has 0 unspecified atom stereocenters. The third-order valence-corrected chi connectivity index (χ3v) is 4.68. The normalized spacial score (nSPS) is 10.3. The summed E-state index contributed by atoms with van der Waals surface area (Å²) < 4.78 is 8.91. The molecule has 0 aromatic carbocycles. The maximum absolute atomic E-state index is 12.0. The van der Waals surface area contributed by atoms with Gasteiger partial charge in [-0.15, -0.1) is 11.3 Å². The number of rotatable bonds is 4. The Morgan fingerprint density at radius 2 is 1.55 bits per heavy atom. The summed E-state index contributed by atoms with van der Waals surface area (Å²) in [6.07, 6.45) is 0. The van der Waals surface area contributed by atoms with Crippen molar-refractivity contribution in [1.29, 1.82) is 0 Å². The van der Waals surface area contributed by atoms with Crippen molar-refractivity contribution in [3.05, 3.63) is 19.3 Å². The van der Waals surface area contributed by atoms with Gasteiger partial charge in [0.05, 0.1) is 24.3 Å². The number of esters is 2. The molecule has 0 aliphatic rings. The number of thiophene rings is 1. The molecule has 20 heavy (non-hydrogen) atoms. The van der Waals surface area contributed by atoms with E-state index in [1.807, 2.05) is 0 Å². The second-order valence-electron chi connectivity index (χ2n) is 3.29. The van der Waals surface area contributed by atoms with Crippen LogP contribution >= 0.6 is 46.1 Å². The SMILES string of the molecule is COC(=O)C(NC(=O)c1sc(Cl)c(Cl)c1Cl)C(=O)OC. The van der Waals surface area contributed by atoms with E-state index in [1.54, 1.807) is 0 Å². The van der Waals surface area contributed by atoms with Gasteiger partial charge in [0.25, 0.3) is 5.91 Å². The molecule has 0 aliphatic carbocycles. The number of ether oxygens (including phenoxy) is 2. The molecular formula is C10H8Cl3NO5S. The molecule has 1 heterocycles. The Kier molecular flexibility index (Phi) is 6.07. The molecule has 0 saturated heterocycles. The number of methoxy groups -OCH3 is 2. The molecule has 0 radical (unpaired) electrons. The molecule has 10 heteroatoms. The predicted molar refractivity (Wildman–Crippen MR) is 74.6 cm³/mol. The Bertz CT molecular complexity index is 543. The Balaban J connectivity index is 2.99. The van der Waals surface area contributed by atoms with Crippen LogP contribution in [0.25, 0.3) is 0 Å². The van der Waals surface area contributed by atoms with Crippen molar-refractivity contribution in [3.63, 3.8) is 0 Å². The topological polar surface area (TPSA) is 81.7 Å². The Labute approximate surface area is 132 Å². The van der Waals surface area contributed by atoms with Crippen LogP contribution in [0.5, 0.6) is 0 Å². The lowest BCUT2D eigenvalue weighted by Gasteiger charge is -2.13. The second kappa shape index (κ2) is 7.12. The number of carbonyl (C=O) groups excluding carboxylic acids is 3. The van der Waals surface area contributed by atoms with Crippen LogP contribution in [-0.2, 0) is 19.1 Å². The smallest absolute Gasteiger partial charge is 0.340 e. The quantitative estimate of drug-likeness (QED) is 0.657. The first-order valence-corrected chi connectivity index (χ1v) is 6.88. The molecule has 1 N–H and O–H groups in total. The number of hydrogen-bond donors (Lipinski definition) is 1. The number of carbonyl (C=O) groups is 3. The molecule has 110 valence electrons. The van der Waals surface area contributed by atoms with Crippen LogP contribution in [0.2, 0.25) is 14.4 Å². The van der Waals surface area contributed by atoms with E-state index in [-0.39, 0.29) is 19.3 Å². The van der Waals surface area contributed by atoms with Gasteiger partial charge in [-0.3, -0.25) is 4.79 Å². The van der Waals surface area contributed by atoms with Crippen LogP contribution in [0.15, 0.2) is 0 Å². The zero-order valence-electron chi connectivity index (χ0n) is 10.2. The Hall–Kier alpha value is -1.02. The van der Waals surface area contributed by atoms with E-state index in [1.165, 1.54) is 0 Å². The number of nitrogens with one attached hydrogen (secondary N) is 1. The summed E-state index contributed by atoms with van der Waals surface area (Å²) in [7, 11) is 2.13. The molecule has 6 nitrogen and oxygen atoms in total. The first-order valence-electron chi connectivity index (χ1n) is 4.93. The summed E-state index contributed by atoms with van der Waals surface area (Å²) in [5, 5.41) is 2.10.